The molecular weight excluding hydrogens is 382 g/mol. The fourth-order valence-corrected chi connectivity index (χ4v) is 3.45. The largest absolute Gasteiger partial charge is 0.455 e. The molecule has 0 aliphatic heterocycles. The van der Waals surface area contributed by atoms with E-state index in [2.05, 4.69) is 10.5 Å². The van der Waals surface area contributed by atoms with Gasteiger partial charge in [0, 0.05) is 17.5 Å². The molecule has 0 radical (unpaired) electrons. The van der Waals surface area contributed by atoms with E-state index in [0.29, 0.717) is 29.9 Å². The van der Waals surface area contributed by atoms with E-state index in [1.807, 2.05) is 42.5 Å². The van der Waals surface area contributed by atoms with Crippen LogP contribution in [0, 0.1) is 29.6 Å². The Morgan fingerprint density at radius 1 is 1.17 bits per heavy atom. The number of hydrogen-bond donors (Lipinski definition) is 1. The van der Waals surface area contributed by atoms with Crippen LogP contribution in [0.3, 0.4) is 0 Å². The third kappa shape index (κ3) is 4.56. The quantitative estimate of drug-likeness (QED) is 0.586. The van der Waals surface area contributed by atoms with E-state index in [9.17, 15) is 9.59 Å². The van der Waals surface area contributed by atoms with Crippen molar-refractivity contribution in [3.05, 3.63) is 58.5 Å². The van der Waals surface area contributed by atoms with Crippen LogP contribution in [0.2, 0.25) is 0 Å². The van der Waals surface area contributed by atoms with Gasteiger partial charge in [0.25, 0.3) is 5.91 Å². The number of fused-ring (bicyclic) bond motifs is 1. The maximum absolute atomic E-state index is 12.8. The molecular formula is C22H21N5O3. The molecule has 0 saturated heterocycles. The zero-order chi connectivity index (χ0) is 21.5. The Morgan fingerprint density at radius 2 is 1.87 bits per heavy atom. The van der Waals surface area contributed by atoms with Crippen LogP contribution < -0.4 is 5.43 Å². The van der Waals surface area contributed by atoms with Crippen molar-refractivity contribution in [2.75, 3.05) is 13.1 Å². The van der Waals surface area contributed by atoms with Crippen molar-refractivity contribution in [2.45, 2.75) is 32.6 Å². The molecule has 0 atom stereocenters. The van der Waals surface area contributed by atoms with E-state index in [1.165, 1.54) is 0 Å². The first-order chi connectivity index (χ1) is 14.5. The summed E-state index contributed by atoms with van der Waals surface area (Å²) in [5, 5.41) is 22.1. The van der Waals surface area contributed by atoms with Gasteiger partial charge < -0.3 is 9.32 Å². The Balaban J connectivity index is 1.81. The number of benzene rings is 1. The van der Waals surface area contributed by atoms with Crippen LogP contribution in [0.4, 0.5) is 0 Å². The molecule has 8 nitrogen and oxygen atoms in total. The Bertz CT molecular complexity index is 1040. The molecule has 1 N–H and O–H groups in total. The number of nitrogens with one attached hydrogen (secondary N) is 1. The fraction of sp³-hybridized carbons (Fsp3) is 0.318. The predicted molar refractivity (Wildman–Crippen MR) is 108 cm³/mol. The van der Waals surface area contributed by atoms with Gasteiger partial charge in [-0.3, -0.25) is 9.59 Å². The van der Waals surface area contributed by atoms with Gasteiger partial charge in [0.2, 0.25) is 5.91 Å². The number of hydrazone groups is 1. The van der Waals surface area contributed by atoms with Gasteiger partial charge in [-0.25, -0.2) is 5.43 Å². The normalized spacial score (nSPS) is 13.8. The van der Waals surface area contributed by atoms with Crippen LogP contribution in [0.5, 0.6) is 0 Å². The molecule has 1 aromatic heterocycles. The lowest BCUT2D eigenvalue weighted by atomic mass is 9.93. The first-order valence-corrected chi connectivity index (χ1v) is 9.60. The lowest BCUT2D eigenvalue weighted by Gasteiger charge is -2.14. The minimum absolute atomic E-state index is 0.107. The molecule has 0 spiro atoms. The zero-order valence-electron chi connectivity index (χ0n) is 16.6. The van der Waals surface area contributed by atoms with Crippen molar-refractivity contribution >= 4 is 17.5 Å². The van der Waals surface area contributed by atoms with E-state index >= 15 is 0 Å². The summed E-state index contributed by atoms with van der Waals surface area (Å²) in [6.45, 7) is 1.35. The molecule has 3 rings (SSSR count). The molecule has 152 valence electrons. The van der Waals surface area contributed by atoms with Gasteiger partial charge in [-0.2, -0.15) is 15.6 Å². The van der Waals surface area contributed by atoms with E-state index in [0.717, 1.165) is 22.4 Å². The van der Waals surface area contributed by atoms with Crippen LogP contribution in [-0.2, 0) is 17.6 Å². The average molecular weight is 403 g/mol. The van der Waals surface area contributed by atoms with Crippen LogP contribution in [-0.4, -0.2) is 35.5 Å². The zero-order valence-corrected chi connectivity index (χ0v) is 16.6. The van der Waals surface area contributed by atoms with Gasteiger partial charge in [0.15, 0.2) is 5.76 Å². The first kappa shape index (κ1) is 20.8. The molecule has 0 saturated carbocycles. The predicted octanol–water partition coefficient (Wildman–Crippen LogP) is 2.48. The first-order valence-electron chi connectivity index (χ1n) is 9.60. The molecule has 8 heteroatoms. The summed E-state index contributed by atoms with van der Waals surface area (Å²) in [7, 11) is 0. The molecule has 30 heavy (non-hydrogen) atoms. The van der Waals surface area contributed by atoms with E-state index in [1.54, 1.807) is 6.92 Å². The maximum atomic E-state index is 12.8. The minimum atomic E-state index is -0.502. The van der Waals surface area contributed by atoms with Crippen LogP contribution in [0.1, 0.15) is 45.8 Å². The Hall–Kier alpha value is -3.91. The van der Waals surface area contributed by atoms with Crippen LogP contribution in [0.15, 0.2) is 39.9 Å². The highest BCUT2D eigenvalue weighted by Gasteiger charge is 2.30. The standard InChI is InChI=1S/C22H21N5O3/c1-15-20-17(25-26-19(28)14-16-6-3-2-4-7-16)8-5-9-18(20)30-21(15)22(29)27(12-10-23)13-11-24/h2-4,6-7H,5,8-9,12-14H2,1H3,(H,26,28)/b25-17+. The number of hydrogen-bond acceptors (Lipinski definition) is 6. The number of rotatable bonds is 6. The van der Waals surface area contributed by atoms with Gasteiger partial charge in [0.05, 0.1) is 24.3 Å². The van der Waals surface area contributed by atoms with Gasteiger partial charge in [0.1, 0.15) is 18.8 Å². The van der Waals surface area contributed by atoms with Crippen LogP contribution in [0.25, 0.3) is 0 Å². The number of nitrogens with zero attached hydrogens (tertiary/aromatic N) is 4. The summed E-state index contributed by atoms with van der Waals surface area (Å²) in [5.74, 6) is 0.00712. The SMILES string of the molecule is Cc1c(C(=O)N(CC#N)CC#N)oc2c1/C(=N/NC(=O)Cc1ccccc1)CCC2. The number of carbonyl (C=O) groups excluding carboxylic acids is 2. The number of aryl methyl sites for hydroxylation is 1. The summed E-state index contributed by atoms with van der Waals surface area (Å²) < 4.78 is 5.80. The van der Waals surface area contributed by atoms with Gasteiger partial charge in [-0.1, -0.05) is 30.3 Å². The lowest BCUT2D eigenvalue weighted by Crippen LogP contribution is -2.32. The summed E-state index contributed by atoms with van der Waals surface area (Å²) in [6.07, 6.45) is 2.29. The van der Waals surface area contributed by atoms with Gasteiger partial charge in [-0.15, -0.1) is 0 Å². The number of carbonyl (C=O) groups is 2. The topological polar surface area (TPSA) is 122 Å². The molecule has 0 bridgehead atoms. The summed E-state index contributed by atoms with van der Waals surface area (Å²) in [5.41, 5.74) is 5.47. The second kappa shape index (κ2) is 9.53. The van der Waals surface area contributed by atoms with Crippen molar-refractivity contribution in [1.82, 2.24) is 10.3 Å². The monoisotopic (exact) mass is 403 g/mol. The van der Waals surface area contributed by atoms with E-state index in [4.69, 9.17) is 14.9 Å². The maximum Gasteiger partial charge on any atom is 0.291 e. The van der Waals surface area contributed by atoms with Crippen molar-refractivity contribution in [1.29, 1.82) is 10.5 Å². The third-order valence-electron chi connectivity index (χ3n) is 4.85. The number of furan rings is 1. The Labute approximate surface area is 174 Å². The lowest BCUT2D eigenvalue weighted by molar-refractivity contribution is -0.120. The molecule has 0 fully saturated rings. The van der Waals surface area contributed by atoms with Crippen molar-refractivity contribution in [3.63, 3.8) is 0 Å². The molecule has 0 unspecified atom stereocenters. The highest BCUT2D eigenvalue weighted by Crippen LogP contribution is 2.30. The average Bonchev–Trinajstić information content (AvgIpc) is 3.09. The second-order valence-corrected chi connectivity index (χ2v) is 6.94. The molecule has 1 aliphatic rings. The van der Waals surface area contributed by atoms with Crippen LogP contribution >= 0.6 is 0 Å². The highest BCUT2D eigenvalue weighted by atomic mass is 16.4. The summed E-state index contributed by atoms with van der Waals surface area (Å²) in [6, 6.07) is 13.2. The summed E-state index contributed by atoms with van der Waals surface area (Å²) in [4.78, 5) is 26.1. The van der Waals surface area contributed by atoms with Crippen molar-refractivity contribution in [3.8, 4) is 12.1 Å². The third-order valence-corrected chi connectivity index (χ3v) is 4.85. The molecule has 2 aromatic rings. The molecule has 1 aliphatic carbocycles. The fourth-order valence-electron chi connectivity index (χ4n) is 3.45. The molecule has 1 heterocycles. The van der Waals surface area contributed by atoms with Gasteiger partial charge in [-0.05, 0) is 25.3 Å². The highest BCUT2D eigenvalue weighted by molar-refractivity contribution is 6.06. The summed E-state index contributed by atoms with van der Waals surface area (Å²) >= 11 is 0. The Morgan fingerprint density at radius 3 is 2.53 bits per heavy atom. The minimum Gasteiger partial charge on any atom is -0.455 e. The van der Waals surface area contributed by atoms with E-state index in [-0.39, 0.29) is 31.2 Å². The number of nitriles is 2. The molecule has 1 aromatic carbocycles. The second-order valence-electron chi connectivity index (χ2n) is 6.94. The smallest absolute Gasteiger partial charge is 0.291 e. The number of amides is 2. The van der Waals surface area contributed by atoms with E-state index < -0.39 is 5.91 Å². The Kier molecular flexibility index (Phi) is 6.61. The van der Waals surface area contributed by atoms with Crippen molar-refractivity contribution < 1.29 is 14.0 Å². The molecule has 2 amide bonds. The van der Waals surface area contributed by atoms with Gasteiger partial charge >= 0.3 is 0 Å². The van der Waals surface area contributed by atoms with Crippen molar-refractivity contribution in [2.24, 2.45) is 5.10 Å².